The number of amides is 1. The summed E-state index contributed by atoms with van der Waals surface area (Å²) in [5.41, 5.74) is 3.04. The standard InChI is InChI=1S/C20H27N3O2S/c1-15-3-5-17(6-4-15)11-23-12-18(13-24)21-20(23)26-14-19(25)22-9-7-16(2)8-10-22/h3-6,12,16,24H,7-11,13-14H2,1-2H3. The Labute approximate surface area is 159 Å². The van der Waals surface area contributed by atoms with Crippen LogP contribution < -0.4 is 0 Å². The number of carbonyl (C=O) groups is 1. The van der Waals surface area contributed by atoms with Gasteiger partial charge in [-0.2, -0.15) is 0 Å². The molecule has 2 aromatic rings. The summed E-state index contributed by atoms with van der Waals surface area (Å²) in [6.45, 7) is 6.63. The van der Waals surface area contributed by atoms with Gasteiger partial charge in [0.05, 0.1) is 18.1 Å². The second kappa shape index (κ2) is 8.73. The molecule has 3 rings (SSSR count). The van der Waals surface area contributed by atoms with Crippen LogP contribution in [0, 0.1) is 12.8 Å². The number of hydrogen-bond donors (Lipinski definition) is 1. The number of nitrogens with zero attached hydrogens (tertiary/aromatic N) is 3. The van der Waals surface area contributed by atoms with E-state index in [1.807, 2.05) is 15.7 Å². The molecule has 0 atom stereocenters. The van der Waals surface area contributed by atoms with Gasteiger partial charge in [0.2, 0.25) is 5.91 Å². The molecule has 0 radical (unpaired) electrons. The van der Waals surface area contributed by atoms with Gasteiger partial charge >= 0.3 is 0 Å². The second-order valence-electron chi connectivity index (χ2n) is 7.14. The van der Waals surface area contributed by atoms with Gasteiger partial charge in [-0.3, -0.25) is 4.79 Å². The van der Waals surface area contributed by atoms with Crippen molar-refractivity contribution in [2.24, 2.45) is 5.92 Å². The Bertz CT molecular complexity index is 734. The first-order valence-electron chi connectivity index (χ1n) is 9.18. The van der Waals surface area contributed by atoms with Gasteiger partial charge in [0.1, 0.15) is 0 Å². The smallest absolute Gasteiger partial charge is 0.233 e. The molecular formula is C20H27N3O2S. The Hall–Kier alpha value is -1.79. The van der Waals surface area contributed by atoms with Crippen LogP contribution in [0.5, 0.6) is 0 Å². The number of carbonyl (C=O) groups excluding carboxylic acids is 1. The van der Waals surface area contributed by atoms with Gasteiger partial charge in [0, 0.05) is 25.8 Å². The molecule has 0 saturated carbocycles. The van der Waals surface area contributed by atoms with Gasteiger partial charge in [-0.1, -0.05) is 48.5 Å². The molecule has 1 aromatic heterocycles. The van der Waals surface area contributed by atoms with E-state index in [0.29, 0.717) is 23.9 Å². The fraction of sp³-hybridized carbons (Fsp3) is 0.500. The molecular weight excluding hydrogens is 346 g/mol. The van der Waals surface area contributed by atoms with Crippen LogP contribution in [0.15, 0.2) is 35.6 Å². The Kier molecular flexibility index (Phi) is 6.38. The molecule has 2 heterocycles. The predicted octanol–water partition coefficient (Wildman–Crippen LogP) is 3.08. The minimum Gasteiger partial charge on any atom is -0.390 e. The fourth-order valence-corrected chi connectivity index (χ4v) is 4.02. The van der Waals surface area contributed by atoms with Gasteiger partial charge in [-0.05, 0) is 31.2 Å². The number of aliphatic hydroxyl groups is 1. The number of aryl methyl sites for hydroxylation is 1. The molecule has 1 aliphatic heterocycles. The van der Waals surface area contributed by atoms with E-state index < -0.39 is 0 Å². The van der Waals surface area contributed by atoms with Gasteiger partial charge in [0.15, 0.2) is 5.16 Å². The number of hydrogen-bond acceptors (Lipinski definition) is 4. The van der Waals surface area contributed by atoms with Crippen LogP contribution in [-0.2, 0) is 17.9 Å². The van der Waals surface area contributed by atoms with Gasteiger partial charge in [-0.15, -0.1) is 0 Å². The van der Waals surface area contributed by atoms with Crippen molar-refractivity contribution >= 4 is 17.7 Å². The number of aliphatic hydroxyl groups excluding tert-OH is 1. The van der Waals surface area contributed by atoms with Crippen LogP contribution in [0.2, 0.25) is 0 Å². The summed E-state index contributed by atoms with van der Waals surface area (Å²) < 4.78 is 2.02. The molecule has 1 amide bonds. The van der Waals surface area contributed by atoms with Crippen molar-refractivity contribution in [2.45, 2.75) is 45.0 Å². The molecule has 26 heavy (non-hydrogen) atoms. The summed E-state index contributed by atoms with van der Waals surface area (Å²) in [6.07, 6.45) is 4.05. The lowest BCUT2D eigenvalue weighted by atomic mass is 9.99. The maximum atomic E-state index is 12.5. The van der Waals surface area contributed by atoms with Crippen LogP contribution in [-0.4, -0.2) is 44.3 Å². The van der Waals surface area contributed by atoms with Gasteiger partial charge < -0.3 is 14.6 Å². The quantitative estimate of drug-likeness (QED) is 0.791. The maximum Gasteiger partial charge on any atom is 0.233 e. The predicted molar refractivity (Wildman–Crippen MR) is 104 cm³/mol. The summed E-state index contributed by atoms with van der Waals surface area (Å²) >= 11 is 1.46. The Morgan fingerprint density at radius 3 is 2.62 bits per heavy atom. The third-order valence-electron chi connectivity index (χ3n) is 4.89. The normalized spacial score (nSPS) is 15.4. The van der Waals surface area contributed by atoms with Crippen LogP contribution in [0.1, 0.15) is 36.6 Å². The molecule has 0 unspecified atom stereocenters. The highest BCUT2D eigenvalue weighted by atomic mass is 32.2. The Morgan fingerprint density at radius 2 is 1.96 bits per heavy atom. The van der Waals surface area contributed by atoms with Crippen molar-refractivity contribution in [3.05, 3.63) is 47.3 Å². The van der Waals surface area contributed by atoms with E-state index in [0.717, 1.165) is 31.1 Å². The first kappa shape index (κ1) is 19.0. The topological polar surface area (TPSA) is 58.4 Å². The molecule has 1 aliphatic rings. The van der Waals surface area contributed by atoms with E-state index in [9.17, 15) is 9.90 Å². The number of benzene rings is 1. The van der Waals surface area contributed by atoms with Crippen molar-refractivity contribution in [3.8, 4) is 0 Å². The zero-order valence-electron chi connectivity index (χ0n) is 15.5. The van der Waals surface area contributed by atoms with Crippen LogP contribution in [0.25, 0.3) is 0 Å². The van der Waals surface area contributed by atoms with E-state index in [-0.39, 0.29) is 12.5 Å². The SMILES string of the molecule is Cc1ccc(Cn2cc(CO)nc2SCC(=O)N2CCC(C)CC2)cc1. The molecule has 1 saturated heterocycles. The third-order valence-corrected chi connectivity index (χ3v) is 5.86. The number of imidazole rings is 1. The molecule has 1 N–H and O–H groups in total. The van der Waals surface area contributed by atoms with Crippen LogP contribution >= 0.6 is 11.8 Å². The number of piperidine rings is 1. The van der Waals surface area contributed by atoms with E-state index in [1.165, 1.54) is 22.9 Å². The van der Waals surface area contributed by atoms with Gasteiger partial charge in [0.25, 0.3) is 0 Å². The molecule has 0 aliphatic carbocycles. The van der Waals surface area contributed by atoms with Crippen LogP contribution in [0.4, 0.5) is 0 Å². The minimum absolute atomic E-state index is 0.0909. The van der Waals surface area contributed by atoms with Crippen molar-refractivity contribution < 1.29 is 9.90 Å². The molecule has 0 spiro atoms. The largest absolute Gasteiger partial charge is 0.390 e. The first-order valence-corrected chi connectivity index (χ1v) is 10.2. The number of thioether (sulfide) groups is 1. The summed E-state index contributed by atoms with van der Waals surface area (Å²) in [5, 5.41) is 10.2. The van der Waals surface area contributed by atoms with E-state index in [4.69, 9.17) is 0 Å². The van der Waals surface area contributed by atoms with Crippen LogP contribution in [0.3, 0.4) is 0 Å². The lowest BCUT2D eigenvalue weighted by Crippen LogP contribution is -2.38. The lowest BCUT2D eigenvalue weighted by Gasteiger charge is -2.30. The highest BCUT2D eigenvalue weighted by molar-refractivity contribution is 7.99. The monoisotopic (exact) mass is 373 g/mol. The second-order valence-corrected chi connectivity index (χ2v) is 8.08. The van der Waals surface area contributed by atoms with E-state index in [2.05, 4.69) is 43.1 Å². The number of aromatic nitrogens is 2. The van der Waals surface area contributed by atoms with Gasteiger partial charge in [-0.25, -0.2) is 4.98 Å². The average Bonchev–Trinajstić information content (AvgIpc) is 3.04. The molecule has 6 heteroatoms. The summed E-state index contributed by atoms with van der Waals surface area (Å²) in [6, 6.07) is 8.38. The molecule has 5 nitrogen and oxygen atoms in total. The molecule has 1 fully saturated rings. The van der Waals surface area contributed by atoms with Crippen molar-refractivity contribution in [3.63, 3.8) is 0 Å². The maximum absolute atomic E-state index is 12.5. The summed E-state index contributed by atoms with van der Waals surface area (Å²) in [7, 11) is 0. The number of rotatable bonds is 6. The third kappa shape index (κ3) is 4.89. The summed E-state index contributed by atoms with van der Waals surface area (Å²) in [4.78, 5) is 18.9. The highest BCUT2D eigenvalue weighted by Crippen LogP contribution is 2.22. The molecule has 1 aromatic carbocycles. The van der Waals surface area contributed by atoms with E-state index in [1.54, 1.807) is 0 Å². The zero-order chi connectivity index (χ0) is 18.5. The first-order chi connectivity index (χ1) is 12.5. The van der Waals surface area contributed by atoms with E-state index >= 15 is 0 Å². The Morgan fingerprint density at radius 1 is 1.27 bits per heavy atom. The summed E-state index contributed by atoms with van der Waals surface area (Å²) in [5.74, 6) is 1.29. The average molecular weight is 374 g/mol. The lowest BCUT2D eigenvalue weighted by molar-refractivity contribution is -0.129. The zero-order valence-corrected chi connectivity index (χ0v) is 16.3. The minimum atomic E-state index is -0.0909. The van der Waals surface area contributed by atoms with Crippen molar-refractivity contribution in [1.82, 2.24) is 14.5 Å². The molecule has 0 bridgehead atoms. The molecule has 140 valence electrons. The Balaban J connectivity index is 1.64. The number of likely N-dealkylation sites (tertiary alicyclic amines) is 1. The fourth-order valence-electron chi connectivity index (χ4n) is 3.12. The highest BCUT2D eigenvalue weighted by Gasteiger charge is 2.21. The van der Waals surface area contributed by atoms with Crippen molar-refractivity contribution in [1.29, 1.82) is 0 Å². The van der Waals surface area contributed by atoms with Crippen molar-refractivity contribution in [2.75, 3.05) is 18.8 Å².